The largest absolute Gasteiger partial charge is 0.265 e. The number of benzene rings is 1. The molecule has 0 aliphatic rings. The van der Waals surface area contributed by atoms with Crippen molar-refractivity contribution in [3.05, 3.63) is 63.9 Å². The average Bonchev–Trinajstić information content (AvgIpc) is 2.38. The Balaban J connectivity index is 2.40. The van der Waals surface area contributed by atoms with Crippen molar-refractivity contribution in [3.63, 3.8) is 0 Å². The Morgan fingerprint density at radius 3 is 2.26 bits per heavy atom. The lowest BCUT2D eigenvalue weighted by Crippen LogP contribution is -2.22. The normalized spacial score (nSPS) is 13.6. The molecular weight excluding hydrogens is 279 g/mol. The van der Waals surface area contributed by atoms with Gasteiger partial charge in [0, 0.05) is 22.4 Å². The molecule has 0 spiro atoms. The lowest BCUT2D eigenvalue weighted by Gasteiger charge is -2.22. The summed E-state index contributed by atoms with van der Waals surface area (Å²) in [7, 11) is 0. The predicted octanol–water partition coefficient (Wildman–Crippen LogP) is 4.41. The fraction of sp³-hybridized carbons (Fsp3) is 0.200. The standard InChI is InChI=1S/C15H12Cl2N2/c1-15(10-18,9-11-2-4-19-5-3-11)12-6-13(16)8-14(17)7-12/h2-8H,9H2,1H3. The van der Waals surface area contributed by atoms with Crippen LogP contribution in [0.2, 0.25) is 10.0 Å². The van der Waals surface area contributed by atoms with Crippen LogP contribution in [-0.4, -0.2) is 4.98 Å². The third-order valence-electron chi connectivity index (χ3n) is 3.05. The maximum atomic E-state index is 9.53. The molecule has 1 aromatic carbocycles. The lowest BCUT2D eigenvalue weighted by atomic mass is 9.79. The first-order valence-electron chi connectivity index (χ1n) is 5.80. The van der Waals surface area contributed by atoms with Gasteiger partial charge in [0.15, 0.2) is 0 Å². The smallest absolute Gasteiger partial charge is 0.0835 e. The number of halogens is 2. The highest BCUT2D eigenvalue weighted by Crippen LogP contribution is 2.31. The van der Waals surface area contributed by atoms with E-state index in [-0.39, 0.29) is 0 Å². The molecule has 2 aromatic rings. The van der Waals surface area contributed by atoms with E-state index in [1.807, 2.05) is 19.1 Å². The summed E-state index contributed by atoms with van der Waals surface area (Å²) < 4.78 is 0. The second-order valence-corrected chi connectivity index (χ2v) is 5.51. The van der Waals surface area contributed by atoms with Crippen LogP contribution in [-0.2, 0) is 11.8 Å². The third kappa shape index (κ3) is 3.26. The van der Waals surface area contributed by atoms with Crippen LogP contribution in [0.5, 0.6) is 0 Å². The van der Waals surface area contributed by atoms with Crippen LogP contribution in [0.4, 0.5) is 0 Å². The summed E-state index contributed by atoms with van der Waals surface area (Å²) >= 11 is 12.0. The molecule has 0 fully saturated rings. The number of nitrogens with zero attached hydrogens (tertiary/aromatic N) is 2. The molecule has 4 heteroatoms. The fourth-order valence-electron chi connectivity index (χ4n) is 1.99. The van der Waals surface area contributed by atoms with E-state index in [4.69, 9.17) is 23.2 Å². The highest BCUT2D eigenvalue weighted by Gasteiger charge is 2.27. The van der Waals surface area contributed by atoms with Gasteiger partial charge in [0.2, 0.25) is 0 Å². The number of hydrogen-bond donors (Lipinski definition) is 0. The highest BCUT2D eigenvalue weighted by molar-refractivity contribution is 6.34. The first kappa shape index (κ1) is 13.9. The second kappa shape index (κ2) is 5.61. The molecule has 0 N–H and O–H groups in total. The molecule has 96 valence electrons. The number of rotatable bonds is 3. The van der Waals surface area contributed by atoms with E-state index in [9.17, 15) is 5.26 Å². The van der Waals surface area contributed by atoms with Crippen LogP contribution >= 0.6 is 23.2 Å². The van der Waals surface area contributed by atoms with Crippen molar-refractivity contribution in [2.75, 3.05) is 0 Å². The highest BCUT2D eigenvalue weighted by atomic mass is 35.5. The van der Waals surface area contributed by atoms with Gasteiger partial charge in [-0.05, 0) is 54.8 Å². The van der Waals surface area contributed by atoms with E-state index in [1.54, 1.807) is 30.6 Å². The summed E-state index contributed by atoms with van der Waals surface area (Å²) in [6, 6.07) is 11.4. The Morgan fingerprint density at radius 1 is 1.16 bits per heavy atom. The summed E-state index contributed by atoms with van der Waals surface area (Å²) in [6.45, 7) is 1.88. The van der Waals surface area contributed by atoms with Crippen molar-refractivity contribution in [3.8, 4) is 6.07 Å². The van der Waals surface area contributed by atoms with Crippen molar-refractivity contribution in [2.24, 2.45) is 0 Å². The van der Waals surface area contributed by atoms with Gasteiger partial charge in [-0.2, -0.15) is 5.26 Å². The van der Waals surface area contributed by atoms with Crippen LogP contribution in [0.15, 0.2) is 42.7 Å². The summed E-state index contributed by atoms with van der Waals surface area (Å²) in [5.41, 5.74) is 1.20. The van der Waals surface area contributed by atoms with Crippen molar-refractivity contribution < 1.29 is 0 Å². The average molecular weight is 291 g/mol. The van der Waals surface area contributed by atoms with Crippen molar-refractivity contribution in [2.45, 2.75) is 18.8 Å². The number of aromatic nitrogens is 1. The number of pyridine rings is 1. The first-order chi connectivity index (χ1) is 9.03. The van der Waals surface area contributed by atoms with Gasteiger partial charge in [0.05, 0.1) is 11.5 Å². The molecule has 0 aliphatic carbocycles. The van der Waals surface area contributed by atoms with Gasteiger partial charge in [-0.3, -0.25) is 4.98 Å². The summed E-state index contributed by atoms with van der Waals surface area (Å²) in [6.07, 6.45) is 4.03. The zero-order chi connectivity index (χ0) is 13.9. The number of hydrogen-bond acceptors (Lipinski definition) is 2. The maximum Gasteiger partial charge on any atom is 0.0835 e. The molecule has 0 saturated heterocycles. The van der Waals surface area contributed by atoms with E-state index >= 15 is 0 Å². The Morgan fingerprint density at radius 2 is 1.74 bits per heavy atom. The minimum absolute atomic E-state index is 0.540. The Hall–Kier alpha value is -1.56. The molecule has 1 unspecified atom stereocenters. The Labute approximate surface area is 122 Å². The molecule has 0 aliphatic heterocycles. The fourth-order valence-corrected chi connectivity index (χ4v) is 2.51. The van der Waals surface area contributed by atoms with Gasteiger partial charge in [0.25, 0.3) is 0 Å². The molecule has 1 aromatic heterocycles. The monoisotopic (exact) mass is 290 g/mol. The minimum Gasteiger partial charge on any atom is -0.265 e. The first-order valence-corrected chi connectivity index (χ1v) is 6.56. The molecule has 19 heavy (non-hydrogen) atoms. The third-order valence-corrected chi connectivity index (χ3v) is 3.49. The van der Waals surface area contributed by atoms with Gasteiger partial charge in [-0.25, -0.2) is 0 Å². The van der Waals surface area contributed by atoms with Crippen molar-refractivity contribution in [1.29, 1.82) is 5.26 Å². The van der Waals surface area contributed by atoms with Gasteiger partial charge < -0.3 is 0 Å². The summed E-state index contributed by atoms with van der Waals surface area (Å²) in [5, 5.41) is 10.6. The van der Waals surface area contributed by atoms with Gasteiger partial charge in [-0.15, -0.1) is 0 Å². The molecular formula is C15H12Cl2N2. The van der Waals surface area contributed by atoms with Crippen molar-refractivity contribution >= 4 is 23.2 Å². The molecule has 0 saturated carbocycles. The van der Waals surface area contributed by atoms with Gasteiger partial charge in [-0.1, -0.05) is 23.2 Å². The van der Waals surface area contributed by atoms with Gasteiger partial charge in [0.1, 0.15) is 0 Å². The van der Waals surface area contributed by atoms with Crippen LogP contribution in [0.25, 0.3) is 0 Å². The molecule has 0 bridgehead atoms. The molecule has 0 radical (unpaired) electrons. The van der Waals surface area contributed by atoms with E-state index in [1.165, 1.54) is 0 Å². The van der Waals surface area contributed by atoms with E-state index in [2.05, 4.69) is 11.1 Å². The number of nitriles is 1. The van der Waals surface area contributed by atoms with E-state index in [0.29, 0.717) is 16.5 Å². The van der Waals surface area contributed by atoms with E-state index < -0.39 is 5.41 Å². The zero-order valence-corrected chi connectivity index (χ0v) is 11.9. The van der Waals surface area contributed by atoms with Crippen LogP contribution in [0.3, 0.4) is 0 Å². The van der Waals surface area contributed by atoms with Gasteiger partial charge >= 0.3 is 0 Å². The summed E-state index contributed by atoms with van der Waals surface area (Å²) in [5.74, 6) is 0. The van der Waals surface area contributed by atoms with Crippen LogP contribution in [0.1, 0.15) is 18.1 Å². The Bertz CT molecular complexity index is 600. The van der Waals surface area contributed by atoms with Crippen LogP contribution < -0.4 is 0 Å². The molecule has 2 rings (SSSR count). The quantitative estimate of drug-likeness (QED) is 0.839. The molecule has 1 atom stereocenters. The second-order valence-electron chi connectivity index (χ2n) is 4.63. The predicted molar refractivity (Wildman–Crippen MR) is 77.4 cm³/mol. The van der Waals surface area contributed by atoms with Crippen molar-refractivity contribution in [1.82, 2.24) is 4.98 Å². The molecule has 0 amide bonds. The molecule has 1 heterocycles. The Kier molecular flexibility index (Phi) is 4.09. The lowest BCUT2D eigenvalue weighted by molar-refractivity contribution is 0.606. The van der Waals surface area contributed by atoms with Crippen LogP contribution in [0, 0.1) is 11.3 Å². The molecule has 2 nitrogen and oxygen atoms in total. The van der Waals surface area contributed by atoms with E-state index in [0.717, 1.165) is 11.1 Å². The maximum absolute atomic E-state index is 9.53. The zero-order valence-electron chi connectivity index (χ0n) is 10.4. The topological polar surface area (TPSA) is 36.7 Å². The SMILES string of the molecule is CC(C#N)(Cc1ccncc1)c1cc(Cl)cc(Cl)c1. The summed E-state index contributed by atoms with van der Waals surface area (Å²) in [4.78, 5) is 3.98. The minimum atomic E-state index is -0.671.